The van der Waals surface area contributed by atoms with Gasteiger partial charge in [-0.25, -0.2) is 0 Å². The van der Waals surface area contributed by atoms with Gasteiger partial charge in [-0.1, -0.05) is 6.92 Å². The molecule has 2 N–H and O–H groups in total. The summed E-state index contributed by atoms with van der Waals surface area (Å²) in [5.74, 6) is -1.11. The third kappa shape index (κ3) is 4.04. The van der Waals surface area contributed by atoms with Gasteiger partial charge in [0.1, 0.15) is 0 Å². The molecule has 0 aromatic heterocycles. The lowest BCUT2D eigenvalue weighted by Crippen LogP contribution is -2.36. The van der Waals surface area contributed by atoms with Crippen LogP contribution in [0.3, 0.4) is 0 Å². The molecule has 1 aliphatic rings. The number of hydrogen-bond donors (Lipinski definition) is 2. The van der Waals surface area contributed by atoms with Crippen LogP contribution < -0.4 is 10.6 Å². The number of hydrogen-bond acceptors (Lipinski definition) is 4. The molecule has 0 spiro atoms. The fraction of sp³-hybridized carbons (Fsp3) is 0.444. The normalized spacial score (nSPS) is 13.2. The summed E-state index contributed by atoms with van der Waals surface area (Å²) < 4.78 is 0. The first-order valence-corrected chi connectivity index (χ1v) is 8.43. The van der Waals surface area contributed by atoms with Crippen LogP contribution in [-0.4, -0.2) is 47.7 Å². The summed E-state index contributed by atoms with van der Waals surface area (Å²) in [5, 5.41) is 5.39. The zero-order chi connectivity index (χ0) is 18.6. The Labute approximate surface area is 146 Å². The maximum Gasteiger partial charge on any atom is 0.261 e. The summed E-state index contributed by atoms with van der Waals surface area (Å²) in [7, 11) is 0. The van der Waals surface area contributed by atoms with Crippen LogP contribution >= 0.6 is 0 Å². The molecule has 0 fully saturated rings. The Bertz CT molecular complexity index is 712. The van der Waals surface area contributed by atoms with Gasteiger partial charge in [0.25, 0.3) is 17.7 Å². The lowest BCUT2D eigenvalue weighted by Gasteiger charge is -2.17. The van der Waals surface area contributed by atoms with E-state index in [0.717, 1.165) is 6.42 Å². The molecule has 0 atom stereocenters. The summed E-state index contributed by atoms with van der Waals surface area (Å²) >= 11 is 0. The molecule has 4 amide bonds. The number of nitrogens with zero attached hydrogens (tertiary/aromatic N) is 1. The van der Waals surface area contributed by atoms with Crippen LogP contribution in [0.5, 0.6) is 0 Å². The number of carbonyl (C=O) groups is 4. The third-order valence-corrected chi connectivity index (χ3v) is 3.91. The average Bonchev–Trinajstić information content (AvgIpc) is 2.82. The lowest BCUT2D eigenvalue weighted by molar-refractivity contribution is -0.121. The summed E-state index contributed by atoms with van der Waals surface area (Å²) in [6, 6.07) is 4.24. The Hall–Kier alpha value is -2.70. The van der Waals surface area contributed by atoms with Gasteiger partial charge < -0.3 is 10.6 Å². The number of nitrogens with one attached hydrogen (secondary N) is 2. The maximum atomic E-state index is 12.3. The summed E-state index contributed by atoms with van der Waals surface area (Å²) in [4.78, 5) is 49.3. The zero-order valence-corrected chi connectivity index (χ0v) is 14.7. The highest BCUT2D eigenvalue weighted by molar-refractivity contribution is 6.22. The second kappa shape index (κ2) is 7.92. The van der Waals surface area contributed by atoms with Crippen molar-refractivity contribution in [2.75, 3.05) is 13.1 Å². The molecule has 0 aliphatic carbocycles. The molecule has 1 aromatic rings. The van der Waals surface area contributed by atoms with Gasteiger partial charge in [0.2, 0.25) is 5.91 Å². The summed E-state index contributed by atoms with van der Waals surface area (Å²) in [6.45, 7) is 6.08. The van der Waals surface area contributed by atoms with E-state index in [1.165, 1.54) is 23.1 Å². The Balaban J connectivity index is 1.99. The largest absolute Gasteiger partial charge is 0.354 e. The molecule has 0 saturated heterocycles. The number of rotatable bonds is 7. The van der Waals surface area contributed by atoms with Crippen molar-refractivity contribution in [1.82, 2.24) is 15.5 Å². The molecule has 1 heterocycles. The molecule has 0 bridgehead atoms. The van der Waals surface area contributed by atoms with Crippen LogP contribution in [0.4, 0.5) is 0 Å². The van der Waals surface area contributed by atoms with Crippen LogP contribution in [0.15, 0.2) is 18.2 Å². The van der Waals surface area contributed by atoms with Gasteiger partial charge >= 0.3 is 0 Å². The molecule has 7 nitrogen and oxygen atoms in total. The Morgan fingerprint density at radius 2 is 1.68 bits per heavy atom. The van der Waals surface area contributed by atoms with E-state index in [0.29, 0.717) is 24.1 Å². The quantitative estimate of drug-likeness (QED) is 0.576. The minimum atomic E-state index is -0.378. The monoisotopic (exact) mass is 345 g/mol. The smallest absolute Gasteiger partial charge is 0.261 e. The number of fused-ring (bicyclic) bond motifs is 1. The van der Waals surface area contributed by atoms with Crippen molar-refractivity contribution in [3.8, 4) is 0 Å². The molecule has 0 radical (unpaired) electrons. The lowest BCUT2D eigenvalue weighted by atomic mass is 10.1. The highest BCUT2D eigenvalue weighted by Crippen LogP contribution is 2.25. The van der Waals surface area contributed by atoms with Crippen molar-refractivity contribution in [3.05, 3.63) is 34.9 Å². The van der Waals surface area contributed by atoms with Gasteiger partial charge in [-0.05, 0) is 38.5 Å². The van der Waals surface area contributed by atoms with Crippen LogP contribution in [0.2, 0.25) is 0 Å². The summed E-state index contributed by atoms with van der Waals surface area (Å²) in [5.41, 5.74) is 0.884. The topological polar surface area (TPSA) is 95.6 Å². The van der Waals surface area contributed by atoms with Crippen molar-refractivity contribution in [2.24, 2.45) is 0 Å². The first-order valence-electron chi connectivity index (χ1n) is 8.43. The maximum absolute atomic E-state index is 12.3. The zero-order valence-electron chi connectivity index (χ0n) is 14.7. The Morgan fingerprint density at radius 1 is 1.04 bits per heavy atom. The van der Waals surface area contributed by atoms with Gasteiger partial charge in [-0.15, -0.1) is 0 Å². The fourth-order valence-electron chi connectivity index (χ4n) is 2.67. The molecule has 0 saturated carbocycles. The molecular weight excluding hydrogens is 322 g/mol. The standard InChI is InChI=1S/C18H23N3O4/c1-4-5-15(22)19-8-9-20-16(23)12-6-7-13-14(10-12)18(25)21(11(2)3)17(13)24/h6-7,10-11H,4-5,8-9H2,1-3H3,(H,19,22)(H,20,23). The predicted molar refractivity (Wildman–Crippen MR) is 92.3 cm³/mol. The second-order valence-electron chi connectivity index (χ2n) is 6.19. The van der Waals surface area contributed by atoms with Crippen LogP contribution in [0, 0.1) is 0 Å². The van der Waals surface area contributed by atoms with E-state index in [1.807, 2.05) is 6.92 Å². The highest BCUT2D eigenvalue weighted by atomic mass is 16.2. The molecule has 134 valence electrons. The minimum Gasteiger partial charge on any atom is -0.354 e. The number of carbonyl (C=O) groups excluding carboxylic acids is 4. The number of imide groups is 1. The summed E-state index contributed by atoms with van der Waals surface area (Å²) in [6.07, 6.45) is 1.23. The molecule has 1 aromatic carbocycles. The minimum absolute atomic E-state index is 0.0489. The van der Waals surface area contributed by atoms with E-state index in [-0.39, 0.29) is 41.8 Å². The van der Waals surface area contributed by atoms with Crippen molar-refractivity contribution in [1.29, 1.82) is 0 Å². The highest BCUT2D eigenvalue weighted by Gasteiger charge is 2.37. The van der Waals surface area contributed by atoms with E-state index in [1.54, 1.807) is 13.8 Å². The predicted octanol–water partition coefficient (Wildman–Crippen LogP) is 1.34. The van der Waals surface area contributed by atoms with Crippen molar-refractivity contribution < 1.29 is 19.2 Å². The number of amides is 4. The average molecular weight is 345 g/mol. The first kappa shape index (κ1) is 18.6. The van der Waals surface area contributed by atoms with Crippen LogP contribution in [0.1, 0.15) is 64.7 Å². The molecule has 1 aliphatic heterocycles. The van der Waals surface area contributed by atoms with Gasteiger partial charge in [0.15, 0.2) is 0 Å². The SMILES string of the molecule is CCCC(=O)NCCNC(=O)c1ccc2c(c1)C(=O)N(C(C)C)C2=O. The fourth-order valence-corrected chi connectivity index (χ4v) is 2.67. The van der Waals surface area contributed by atoms with Crippen LogP contribution in [-0.2, 0) is 4.79 Å². The number of benzene rings is 1. The van der Waals surface area contributed by atoms with Gasteiger partial charge in [-0.2, -0.15) is 0 Å². The molecular formula is C18H23N3O4. The van der Waals surface area contributed by atoms with E-state index < -0.39 is 0 Å². The van der Waals surface area contributed by atoms with Gasteiger partial charge in [-0.3, -0.25) is 24.1 Å². The van der Waals surface area contributed by atoms with Crippen molar-refractivity contribution >= 4 is 23.6 Å². The Morgan fingerprint density at radius 3 is 2.32 bits per heavy atom. The molecule has 2 rings (SSSR count). The third-order valence-electron chi connectivity index (χ3n) is 3.91. The molecule has 0 unspecified atom stereocenters. The van der Waals surface area contributed by atoms with E-state index in [2.05, 4.69) is 10.6 Å². The molecule has 25 heavy (non-hydrogen) atoms. The second-order valence-corrected chi connectivity index (χ2v) is 6.19. The van der Waals surface area contributed by atoms with Crippen molar-refractivity contribution in [2.45, 2.75) is 39.7 Å². The Kier molecular flexibility index (Phi) is 5.90. The van der Waals surface area contributed by atoms with Gasteiger partial charge in [0, 0.05) is 31.1 Å². The van der Waals surface area contributed by atoms with E-state index >= 15 is 0 Å². The van der Waals surface area contributed by atoms with Crippen molar-refractivity contribution in [3.63, 3.8) is 0 Å². The van der Waals surface area contributed by atoms with E-state index in [9.17, 15) is 19.2 Å². The first-order chi connectivity index (χ1) is 11.9. The molecule has 7 heteroatoms. The van der Waals surface area contributed by atoms with E-state index in [4.69, 9.17) is 0 Å². The van der Waals surface area contributed by atoms with Crippen LogP contribution in [0.25, 0.3) is 0 Å². The van der Waals surface area contributed by atoms with Gasteiger partial charge in [0.05, 0.1) is 11.1 Å².